The van der Waals surface area contributed by atoms with Crippen molar-refractivity contribution < 1.29 is 71.1 Å². The SMILES string of the molecule is CCC1=Cc2c(-c3ccc(C(F)(F)F)cc3)cccc2[CH]1[Hf+2]1([CH]2C(CC)=Cc3c(-c4ccc(C(F)(F)F)cc4)cccc32)[CH2]C[CH2]1.[Cl-].[Cl-]. The van der Waals surface area contributed by atoms with Crippen LogP contribution in [0.4, 0.5) is 26.3 Å². The van der Waals surface area contributed by atoms with Crippen LogP contribution in [-0.4, -0.2) is 0 Å². The van der Waals surface area contributed by atoms with Crippen molar-refractivity contribution in [2.24, 2.45) is 0 Å². The molecule has 0 radical (unpaired) electrons. The van der Waals surface area contributed by atoms with Gasteiger partial charge in [0, 0.05) is 0 Å². The summed E-state index contributed by atoms with van der Waals surface area (Å²) in [6.07, 6.45) is -1.04. The van der Waals surface area contributed by atoms with E-state index in [0.29, 0.717) is 7.35 Å². The molecule has 0 bridgehead atoms. The summed E-state index contributed by atoms with van der Waals surface area (Å²) in [5.74, 6) is 0. The zero-order valence-corrected chi connectivity index (χ0v) is 31.6. The molecule has 0 aromatic heterocycles. The molecule has 2 aliphatic carbocycles. The number of halogens is 8. The first-order chi connectivity index (χ1) is 22.0. The minimum Gasteiger partial charge on any atom is -1.00 e. The maximum absolute atomic E-state index is 13.3. The van der Waals surface area contributed by atoms with Gasteiger partial charge in [0.25, 0.3) is 0 Å². The third-order valence-corrected chi connectivity index (χ3v) is 33.0. The van der Waals surface area contributed by atoms with E-state index in [1.165, 1.54) is 61.3 Å². The Bertz CT molecular complexity index is 1730. The van der Waals surface area contributed by atoms with Gasteiger partial charge in [-0.1, -0.05) is 0 Å². The van der Waals surface area contributed by atoms with Crippen molar-refractivity contribution in [3.05, 3.63) is 129 Å². The van der Waals surface area contributed by atoms with E-state index in [-0.39, 0.29) is 24.8 Å². The van der Waals surface area contributed by atoms with Crippen LogP contribution in [-0.2, 0) is 32.3 Å². The summed E-state index contributed by atoms with van der Waals surface area (Å²) in [5.41, 5.74) is 10.1. The molecule has 4 aromatic carbocycles. The van der Waals surface area contributed by atoms with Gasteiger partial charge in [-0.05, 0) is 0 Å². The van der Waals surface area contributed by atoms with Crippen molar-refractivity contribution in [3.8, 4) is 22.3 Å². The van der Waals surface area contributed by atoms with Crippen LogP contribution in [0.25, 0.3) is 34.4 Å². The predicted molar refractivity (Wildman–Crippen MR) is 170 cm³/mol. The fourth-order valence-corrected chi connectivity index (χ4v) is 31.6. The molecule has 2 atom stereocenters. The van der Waals surface area contributed by atoms with Crippen molar-refractivity contribution in [1.82, 2.24) is 0 Å². The summed E-state index contributed by atoms with van der Waals surface area (Å²) in [5, 5.41) is 0. The molecule has 0 N–H and O–H groups in total. The average molecular weight is 866 g/mol. The maximum atomic E-state index is 13.3. The van der Waals surface area contributed by atoms with Gasteiger partial charge in [0.1, 0.15) is 0 Å². The Kier molecular flexibility index (Phi) is 10.4. The van der Waals surface area contributed by atoms with E-state index in [0.717, 1.165) is 46.2 Å². The molecular weight excluding hydrogens is 832 g/mol. The number of hydrogen-bond acceptors (Lipinski definition) is 0. The molecule has 0 saturated carbocycles. The van der Waals surface area contributed by atoms with Crippen LogP contribution in [0, 0.1) is 0 Å². The van der Waals surface area contributed by atoms with Gasteiger partial charge in [-0.15, -0.1) is 0 Å². The molecule has 1 fully saturated rings. The van der Waals surface area contributed by atoms with Gasteiger partial charge in [-0.2, -0.15) is 0 Å². The smallest absolute Gasteiger partial charge is 1.00 e. The van der Waals surface area contributed by atoms with E-state index in [4.69, 9.17) is 0 Å². The zero-order chi connectivity index (χ0) is 32.4. The molecular formula is C39H34Cl2F6Hf. The summed E-state index contributed by atoms with van der Waals surface area (Å²) in [7, 11) is 0. The van der Waals surface area contributed by atoms with Gasteiger partial charge in [-0.25, -0.2) is 0 Å². The second kappa shape index (κ2) is 13.6. The van der Waals surface area contributed by atoms with E-state index in [2.05, 4.69) is 50.3 Å². The summed E-state index contributed by atoms with van der Waals surface area (Å²) >= 11 is -3.31. The number of benzene rings is 4. The van der Waals surface area contributed by atoms with E-state index >= 15 is 0 Å². The predicted octanol–water partition coefficient (Wildman–Crippen LogP) is 6.86. The van der Waals surface area contributed by atoms with Gasteiger partial charge < -0.3 is 24.8 Å². The first-order valence-electron chi connectivity index (χ1n) is 16.0. The standard InChI is InChI=1S/2C18H14F3.C3H6.2ClH.Hf/c2*1-2-12-10-14-4-3-5-16(17(14)11-12)13-6-8-15(9-7-13)18(19,20)21;1-3-2;;;/h2*3-11H,2H2,1H3;1-3H2;2*1H;/q;;;;;+2/p-2. The van der Waals surface area contributed by atoms with Crippen LogP contribution >= 0.6 is 0 Å². The van der Waals surface area contributed by atoms with Crippen LogP contribution in [0.3, 0.4) is 0 Å². The Morgan fingerprint density at radius 3 is 1.23 bits per heavy atom. The molecule has 0 nitrogen and oxygen atoms in total. The van der Waals surface area contributed by atoms with Crippen molar-refractivity contribution in [2.45, 2.75) is 61.2 Å². The van der Waals surface area contributed by atoms with Gasteiger partial charge in [0.05, 0.1) is 0 Å². The molecule has 3 aliphatic rings. The normalized spacial score (nSPS) is 18.6. The zero-order valence-electron chi connectivity index (χ0n) is 26.5. The van der Waals surface area contributed by atoms with Gasteiger partial charge in [0.2, 0.25) is 0 Å². The molecule has 7 rings (SSSR count). The Balaban J connectivity index is 0.00000225. The first-order valence-corrected chi connectivity index (χ1v) is 25.2. The minimum absolute atomic E-state index is 0. The second-order valence-corrected chi connectivity index (χ2v) is 29.5. The van der Waals surface area contributed by atoms with Crippen molar-refractivity contribution in [1.29, 1.82) is 0 Å². The molecule has 1 aliphatic heterocycles. The van der Waals surface area contributed by atoms with Gasteiger partial charge >= 0.3 is 271 Å². The molecule has 9 heteroatoms. The van der Waals surface area contributed by atoms with Crippen molar-refractivity contribution in [3.63, 3.8) is 0 Å². The Hall–Kier alpha value is -2.61. The molecule has 1 heterocycles. The van der Waals surface area contributed by atoms with Crippen LogP contribution < -0.4 is 24.8 Å². The fraction of sp³-hybridized carbons (Fsp3) is 0.282. The van der Waals surface area contributed by atoms with Gasteiger partial charge in [0.15, 0.2) is 0 Å². The van der Waals surface area contributed by atoms with Crippen LogP contribution in [0.1, 0.15) is 73.8 Å². The second-order valence-electron chi connectivity index (χ2n) is 12.9. The monoisotopic (exact) mass is 866 g/mol. The molecule has 4 aromatic rings. The topological polar surface area (TPSA) is 0 Å². The van der Waals surface area contributed by atoms with E-state index in [1.54, 1.807) is 24.3 Å². The van der Waals surface area contributed by atoms with E-state index in [9.17, 15) is 26.3 Å². The Labute approximate surface area is 294 Å². The third-order valence-electron chi connectivity index (χ3n) is 10.6. The number of rotatable bonds is 6. The summed E-state index contributed by atoms with van der Waals surface area (Å²) in [6, 6.07) is 23.7. The van der Waals surface area contributed by atoms with Crippen LogP contribution in [0.15, 0.2) is 96.1 Å². The van der Waals surface area contributed by atoms with Crippen LogP contribution in [0.2, 0.25) is 8.35 Å². The molecule has 1 saturated heterocycles. The largest absolute Gasteiger partial charge is 1.00 e. The fourth-order valence-electron chi connectivity index (χ4n) is 8.41. The molecule has 250 valence electrons. The number of fused-ring (bicyclic) bond motifs is 2. The molecule has 0 amide bonds. The van der Waals surface area contributed by atoms with Crippen molar-refractivity contribution in [2.75, 3.05) is 0 Å². The maximum Gasteiger partial charge on any atom is -1.00 e. The van der Waals surface area contributed by atoms with E-state index in [1.807, 2.05) is 12.1 Å². The third kappa shape index (κ3) is 6.06. The first kappa shape index (κ1) is 36.7. The number of hydrogen-bond donors (Lipinski definition) is 0. The Morgan fingerprint density at radius 1 is 0.562 bits per heavy atom. The number of alkyl halides is 6. The van der Waals surface area contributed by atoms with E-state index < -0.39 is 43.4 Å². The summed E-state index contributed by atoms with van der Waals surface area (Å²) in [6.45, 7) is 4.43. The molecule has 48 heavy (non-hydrogen) atoms. The molecule has 2 unspecified atom stereocenters. The van der Waals surface area contributed by atoms with Gasteiger partial charge in [-0.3, -0.25) is 0 Å². The summed E-state index contributed by atoms with van der Waals surface area (Å²) < 4.78 is 83.2. The Morgan fingerprint density at radius 2 is 0.938 bits per heavy atom. The summed E-state index contributed by atoms with van der Waals surface area (Å²) in [4.78, 5) is 0. The van der Waals surface area contributed by atoms with Crippen LogP contribution in [0.5, 0.6) is 0 Å². The van der Waals surface area contributed by atoms with Crippen molar-refractivity contribution >= 4 is 12.2 Å². The minimum atomic E-state index is -4.38. The quantitative estimate of drug-likeness (QED) is 0.147. The molecule has 0 spiro atoms. The number of allylic oxidation sites excluding steroid dienone is 2. The average Bonchev–Trinajstić information content (AvgIpc) is 3.59.